The van der Waals surface area contributed by atoms with E-state index in [0.29, 0.717) is 16.5 Å². The van der Waals surface area contributed by atoms with Crippen molar-refractivity contribution in [3.8, 4) is 10.6 Å². The van der Waals surface area contributed by atoms with E-state index in [9.17, 15) is 9.59 Å². The fourth-order valence-corrected chi connectivity index (χ4v) is 3.33. The van der Waals surface area contributed by atoms with Crippen LogP contribution >= 0.6 is 11.3 Å². The quantitative estimate of drug-likeness (QED) is 0.719. The van der Waals surface area contributed by atoms with Crippen LogP contribution in [0, 0.1) is 20.8 Å². The molecular weight excluding hydrogens is 352 g/mol. The zero-order valence-corrected chi connectivity index (χ0v) is 15.4. The van der Waals surface area contributed by atoms with E-state index in [1.807, 2.05) is 26.0 Å². The highest BCUT2D eigenvalue weighted by Gasteiger charge is 2.14. The molecule has 2 amide bonds. The standard InChI is InChI=1S/C18H18N4O3S/c1-10-4-5-13(11(2)8-10)17-21-22-18(26-17)20-15(23)9-19-16(24)14-6-7-25-12(14)3/h4-8H,9H2,1-3H3,(H,19,24)(H,20,22,23). The molecule has 3 rings (SSSR count). The van der Waals surface area contributed by atoms with E-state index in [4.69, 9.17) is 4.42 Å². The predicted molar refractivity (Wildman–Crippen MR) is 99.2 cm³/mol. The Hall–Kier alpha value is -3.00. The maximum atomic E-state index is 12.0. The summed E-state index contributed by atoms with van der Waals surface area (Å²) >= 11 is 1.29. The van der Waals surface area contributed by atoms with Gasteiger partial charge in [-0.25, -0.2) is 0 Å². The minimum atomic E-state index is -0.372. The van der Waals surface area contributed by atoms with Crippen molar-refractivity contribution in [2.24, 2.45) is 0 Å². The number of rotatable bonds is 5. The Bertz CT molecular complexity index is 961. The Morgan fingerprint density at radius 1 is 1.15 bits per heavy atom. The maximum absolute atomic E-state index is 12.0. The minimum Gasteiger partial charge on any atom is -0.469 e. The topological polar surface area (TPSA) is 97.1 Å². The molecule has 1 aromatic carbocycles. The van der Waals surface area contributed by atoms with Gasteiger partial charge in [0.1, 0.15) is 10.8 Å². The number of anilines is 1. The van der Waals surface area contributed by atoms with Crippen molar-refractivity contribution in [2.75, 3.05) is 11.9 Å². The molecule has 0 aliphatic carbocycles. The zero-order valence-electron chi connectivity index (χ0n) is 14.6. The molecule has 0 aliphatic heterocycles. The van der Waals surface area contributed by atoms with Crippen molar-refractivity contribution >= 4 is 28.3 Å². The van der Waals surface area contributed by atoms with Gasteiger partial charge in [0.15, 0.2) is 0 Å². The van der Waals surface area contributed by atoms with Gasteiger partial charge in [-0.15, -0.1) is 10.2 Å². The molecular formula is C18H18N4O3S. The summed E-state index contributed by atoms with van der Waals surface area (Å²) in [6.07, 6.45) is 1.43. The fourth-order valence-electron chi connectivity index (χ4n) is 2.48. The summed E-state index contributed by atoms with van der Waals surface area (Å²) in [6.45, 7) is 5.56. The van der Waals surface area contributed by atoms with Gasteiger partial charge >= 0.3 is 0 Å². The highest BCUT2D eigenvalue weighted by Crippen LogP contribution is 2.29. The van der Waals surface area contributed by atoms with Crippen LogP contribution < -0.4 is 10.6 Å². The molecule has 0 fully saturated rings. The van der Waals surface area contributed by atoms with Crippen LogP contribution in [0.5, 0.6) is 0 Å². The molecule has 0 unspecified atom stereocenters. The highest BCUT2D eigenvalue weighted by atomic mass is 32.1. The van der Waals surface area contributed by atoms with Crippen LogP contribution in [0.4, 0.5) is 5.13 Å². The third kappa shape index (κ3) is 3.97. The lowest BCUT2D eigenvalue weighted by atomic mass is 10.1. The average molecular weight is 370 g/mol. The summed E-state index contributed by atoms with van der Waals surface area (Å²) < 4.78 is 5.07. The molecule has 0 spiro atoms. The van der Waals surface area contributed by atoms with Crippen LogP contribution in [0.15, 0.2) is 34.9 Å². The Kier molecular flexibility index (Phi) is 5.13. The molecule has 7 nitrogen and oxygen atoms in total. The van der Waals surface area contributed by atoms with Crippen molar-refractivity contribution in [3.05, 3.63) is 53.0 Å². The van der Waals surface area contributed by atoms with E-state index in [2.05, 4.69) is 26.9 Å². The number of aryl methyl sites for hydroxylation is 3. The first kappa shape index (κ1) is 17.8. The number of nitrogens with zero attached hydrogens (tertiary/aromatic N) is 2. The Balaban J connectivity index is 1.59. The fraction of sp³-hybridized carbons (Fsp3) is 0.222. The molecule has 2 N–H and O–H groups in total. The Morgan fingerprint density at radius 2 is 1.96 bits per heavy atom. The molecule has 0 atom stereocenters. The van der Waals surface area contributed by atoms with Gasteiger partial charge in [0.2, 0.25) is 11.0 Å². The van der Waals surface area contributed by atoms with Gasteiger partial charge in [-0.3, -0.25) is 14.9 Å². The Labute approximate surface area is 154 Å². The number of furan rings is 1. The molecule has 2 aromatic heterocycles. The first-order valence-electron chi connectivity index (χ1n) is 7.97. The number of carbonyl (C=O) groups excluding carboxylic acids is 2. The molecule has 3 aromatic rings. The number of hydrogen-bond donors (Lipinski definition) is 2. The van der Waals surface area contributed by atoms with Crippen LogP contribution in [0.1, 0.15) is 27.2 Å². The lowest BCUT2D eigenvalue weighted by Crippen LogP contribution is -2.32. The third-order valence-electron chi connectivity index (χ3n) is 3.80. The van der Waals surface area contributed by atoms with Gasteiger partial charge in [0, 0.05) is 5.56 Å². The molecule has 8 heteroatoms. The maximum Gasteiger partial charge on any atom is 0.255 e. The number of benzene rings is 1. The smallest absolute Gasteiger partial charge is 0.255 e. The summed E-state index contributed by atoms with van der Waals surface area (Å²) in [5, 5.41) is 14.4. The second kappa shape index (κ2) is 7.49. The number of hydrogen-bond acceptors (Lipinski definition) is 6. The van der Waals surface area contributed by atoms with Gasteiger partial charge in [0.05, 0.1) is 18.4 Å². The number of amides is 2. The van der Waals surface area contributed by atoms with Gasteiger partial charge in [-0.2, -0.15) is 0 Å². The molecule has 0 aliphatic rings. The van der Waals surface area contributed by atoms with Crippen molar-refractivity contribution < 1.29 is 14.0 Å². The van der Waals surface area contributed by atoms with Gasteiger partial charge in [0.25, 0.3) is 5.91 Å². The third-order valence-corrected chi connectivity index (χ3v) is 4.67. The van der Waals surface area contributed by atoms with E-state index in [0.717, 1.165) is 16.1 Å². The van der Waals surface area contributed by atoms with Gasteiger partial charge in [-0.05, 0) is 32.4 Å². The van der Waals surface area contributed by atoms with Crippen molar-refractivity contribution in [2.45, 2.75) is 20.8 Å². The lowest BCUT2D eigenvalue weighted by molar-refractivity contribution is -0.115. The van der Waals surface area contributed by atoms with E-state index >= 15 is 0 Å². The van der Waals surface area contributed by atoms with Crippen molar-refractivity contribution in [1.82, 2.24) is 15.5 Å². The predicted octanol–water partition coefficient (Wildman–Crippen LogP) is 3.09. The number of carbonyl (C=O) groups is 2. The summed E-state index contributed by atoms with van der Waals surface area (Å²) in [5.41, 5.74) is 3.66. The normalized spacial score (nSPS) is 10.6. The zero-order chi connectivity index (χ0) is 18.7. The number of nitrogens with one attached hydrogen (secondary N) is 2. The molecule has 0 saturated heterocycles. The van der Waals surface area contributed by atoms with Crippen LogP contribution in [-0.2, 0) is 4.79 Å². The first-order valence-corrected chi connectivity index (χ1v) is 8.79. The van der Waals surface area contributed by atoms with Gasteiger partial charge < -0.3 is 9.73 Å². The van der Waals surface area contributed by atoms with Crippen LogP contribution in [-0.4, -0.2) is 28.6 Å². The lowest BCUT2D eigenvalue weighted by Gasteiger charge is -2.04. The van der Waals surface area contributed by atoms with Crippen molar-refractivity contribution in [1.29, 1.82) is 0 Å². The second-order valence-corrected chi connectivity index (χ2v) is 6.83. The molecule has 0 saturated carbocycles. The monoisotopic (exact) mass is 370 g/mol. The molecule has 0 radical (unpaired) electrons. The van der Waals surface area contributed by atoms with Crippen LogP contribution in [0.3, 0.4) is 0 Å². The summed E-state index contributed by atoms with van der Waals surface area (Å²) in [5.74, 6) is -0.229. The summed E-state index contributed by atoms with van der Waals surface area (Å²) in [4.78, 5) is 24.0. The molecule has 134 valence electrons. The van der Waals surface area contributed by atoms with E-state index in [1.165, 1.54) is 23.2 Å². The van der Waals surface area contributed by atoms with Gasteiger partial charge in [-0.1, -0.05) is 35.1 Å². The van der Waals surface area contributed by atoms with Crippen molar-refractivity contribution in [3.63, 3.8) is 0 Å². The highest BCUT2D eigenvalue weighted by molar-refractivity contribution is 7.18. The molecule has 26 heavy (non-hydrogen) atoms. The summed E-state index contributed by atoms with van der Waals surface area (Å²) in [7, 11) is 0. The second-order valence-electron chi connectivity index (χ2n) is 5.85. The van der Waals surface area contributed by atoms with Crippen LogP contribution in [0.25, 0.3) is 10.6 Å². The largest absolute Gasteiger partial charge is 0.469 e. The van der Waals surface area contributed by atoms with E-state index in [1.54, 1.807) is 13.0 Å². The van der Waals surface area contributed by atoms with E-state index < -0.39 is 0 Å². The SMILES string of the molecule is Cc1ccc(-c2nnc(NC(=O)CNC(=O)c3ccoc3C)s2)c(C)c1. The molecule has 2 heterocycles. The minimum absolute atomic E-state index is 0.165. The average Bonchev–Trinajstić information content (AvgIpc) is 3.22. The number of aromatic nitrogens is 2. The Morgan fingerprint density at radius 3 is 2.65 bits per heavy atom. The van der Waals surface area contributed by atoms with E-state index in [-0.39, 0.29) is 18.4 Å². The van der Waals surface area contributed by atoms with Crippen LogP contribution in [0.2, 0.25) is 0 Å². The molecule has 0 bridgehead atoms. The summed E-state index contributed by atoms with van der Waals surface area (Å²) in [6, 6.07) is 7.63. The first-order chi connectivity index (χ1) is 12.4.